The molecule has 178 valence electrons. The fourth-order valence-electron chi connectivity index (χ4n) is 4.10. The third-order valence-electron chi connectivity index (χ3n) is 5.49. The highest BCUT2D eigenvalue weighted by Gasteiger charge is 2.27. The lowest BCUT2D eigenvalue weighted by molar-refractivity contribution is 0.160. The second kappa shape index (κ2) is 15.4. The number of rotatable bonds is 8. The van der Waals surface area contributed by atoms with Gasteiger partial charge in [-0.2, -0.15) is 0 Å². The summed E-state index contributed by atoms with van der Waals surface area (Å²) in [6, 6.07) is 14.8. The lowest BCUT2D eigenvalue weighted by Crippen LogP contribution is -2.33. The molecule has 10 heteroatoms. The van der Waals surface area contributed by atoms with Crippen LogP contribution in [0.25, 0.3) is 5.69 Å². The summed E-state index contributed by atoms with van der Waals surface area (Å²) in [6.45, 7) is 2.53. The van der Waals surface area contributed by atoms with Crippen LogP contribution in [0.4, 0.5) is 0 Å². The number of pyridine rings is 1. The Hall–Kier alpha value is -1.41. The number of unbranched alkanes of at least 4 members (excludes halogenated alkanes) is 1. The number of hydrogen-bond donors (Lipinski definition) is 1. The Kier molecular flexibility index (Phi) is 14.8. The third-order valence-corrected chi connectivity index (χ3v) is 5.49. The number of aryl methyl sites for hydroxylation is 1. The van der Waals surface area contributed by atoms with Gasteiger partial charge < -0.3 is 5.73 Å². The monoisotopic (exact) mass is 520 g/mol. The molecule has 1 atom stereocenters. The average Bonchev–Trinajstić information content (AvgIpc) is 3.22. The molecule has 32 heavy (non-hydrogen) atoms. The standard InChI is InChI=1S/C22H28N6.4ClH/c23-13-4-5-15-27(21-12-6-8-18-9-7-14-24-22(18)21)17-20-16-25-26-28(20)19-10-2-1-3-11-19;;;;/h1-3,7,9-11,14,16,21H,4-6,8,12-13,15,17,23H2;4*1H. The Morgan fingerprint density at radius 1 is 1.00 bits per heavy atom. The van der Waals surface area contributed by atoms with E-state index in [0.29, 0.717) is 6.04 Å². The smallest absolute Gasteiger partial charge is 0.0786 e. The van der Waals surface area contributed by atoms with E-state index in [-0.39, 0.29) is 49.6 Å². The minimum atomic E-state index is 0. The van der Waals surface area contributed by atoms with Crippen molar-refractivity contribution in [2.45, 2.75) is 44.7 Å². The molecule has 0 saturated heterocycles. The van der Waals surface area contributed by atoms with E-state index >= 15 is 0 Å². The minimum Gasteiger partial charge on any atom is -0.330 e. The summed E-state index contributed by atoms with van der Waals surface area (Å²) in [6.07, 6.45) is 9.39. The fraction of sp³-hybridized carbons (Fsp3) is 0.409. The van der Waals surface area contributed by atoms with Crippen LogP contribution in [0, 0.1) is 0 Å². The molecule has 6 nitrogen and oxygen atoms in total. The van der Waals surface area contributed by atoms with Crippen molar-refractivity contribution < 1.29 is 0 Å². The van der Waals surface area contributed by atoms with Crippen molar-refractivity contribution in [1.29, 1.82) is 0 Å². The zero-order chi connectivity index (χ0) is 19.2. The molecule has 1 aliphatic rings. The minimum absolute atomic E-state index is 0. The van der Waals surface area contributed by atoms with E-state index in [4.69, 9.17) is 10.7 Å². The van der Waals surface area contributed by atoms with Gasteiger partial charge in [-0.1, -0.05) is 29.5 Å². The van der Waals surface area contributed by atoms with E-state index in [1.165, 1.54) is 17.7 Å². The molecule has 4 rings (SSSR count). The Bertz CT molecular complexity index is 893. The van der Waals surface area contributed by atoms with Gasteiger partial charge in [0.2, 0.25) is 0 Å². The molecule has 0 radical (unpaired) electrons. The van der Waals surface area contributed by atoms with Crippen LogP contribution in [0.1, 0.15) is 48.7 Å². The van der Waals surface area contributed by atoms with Crippen molar-refractivity contribution >= 4 is 49.6 Å². The number of para-hydroxylation sites is 1. The Morgan fingerprint density at radius 3 is 2.53 bits per heavy atom. The Labute approximate surface area is 215 Å². The molecule has 0 fully saturated rings. The summed E-state index contributed by atoms with van der Waals surface area (Å²) >= 11 is 0. The number of benzene rings is 1. The summed E-state index contributed by atoms with van der Waals surface area (Å²) < 4.78 is 1.94. The molecule has 1 aliphatic carbocycles. The van der Waals surface area contributed by atoms with Crippen molar-refractivity contribution in [2.75, 3.05) is 13.1 Å². The molecule has 0 saturated carbocycles. The predicted octanol–water partition coefficient (Wildman–Crippen LogP) is 4.97. The van der Waals surface area contributed by atoms with Crippen LogP contribution in [0.2, 0.25) is 0 Å². The number of nitrogens with zero attached hydrogens (tertiary/aromatic N) is 5. The summed E-state index contributed by atoms with van der Waals surface area (Å²) in [5, 5.41) is 8.52. The lowest BCUT2D eigenvalue weighted by Gasteiger charge is -2.35. The maximum Gasteiger partial charge on any atom is 0.0786 e. The van der Waals surface area contributed by atoms with E-state index in [1.807, 2.05) is 41.3 Å². The molecular formula is C22H32Cl4N6. The number of nitrogens with two attached hydrogens (primary N) is 1. The first kappa shape index (κ1) is 30.6. The van der Waals surface area contributed by atoms with E-state index in [0.717, 1.165) is 56.7 Å². The first-order chi connectivity index (χ1) is 13.9. The number of hydrogen-bond acceptors (Lipinski definition) is 5. The molecule has 0 aliphatic heterocycles. The molecular weight excluding hydrogens is 490 g/mol. The topological polar surface area (TPSA) is 72.9 Å². The van der Waals surface area contributed by atoms with E-state index in [9.17, 15) is 0 Å². The van der Waals surface area contributed by atoms with Gasteiger partial charge in [-0.15, -0.1) is 54.7 Å². The molecule has 3 aromatic rings. The highest BCUT2D eigenvalue weighted by atomic mass is 35.5. The quantitative estimate of drug-likeness (QED) is 0.423. The van der Waals surface area contributed by atoms with E-state index in [2.05, 4.69) is 33.4 Å². The van der Waals surface area contributed by atoms with Gasteiger partial charge in [0.05, 0.1) is 29.3 Å². The Morgan fingerprint density at radius 2 is 1.78 bits per heavy atom. The van der Waals surface area contributed by atoms with Crippen molar-refractivity contribution in [2.24, 2.45) is 5.73 Å². The molecule has 0 amide bonds. The molecule has 2 heterocycles. The molecule has 0 bridgehead atoms. The van der Waals surface area contributed by atoms with Crippen molar-refractivity contribution in [3.8, 4) is 5.69 Å². The highest BCUT2D eigenvalue weighted by molar-refractivity contribution is 5.86. The van der Waals surface area contributed by atoms with Gasteiger partial charge in [-0.05, 0) is 69.0 Å². The van der Waals surface area contributed by atoms with Crippen LogP contribution in [0.5, 0.6) is 0 Å². The van der Waals surface area contributed by atoms with Crippen LogP contribution < -0.4 is 5.73 Å². The number of fused-ring (bicyclic) bond motifs is 1. The average molecular weight is 522 g/mol. The van der Waals surface area contributed by atoms with Crippen molar-refractivity contribution in [1.82, 2.24) is 24.9 Å². The van der Waals surface area contributed by atoms with Gasteiger partial charge in [-0.3, -0.25) is 9.88 Å². The summed E-state index contributed by atoms with van der Waals surface area (Å²) in [7, 11) is 0. The van der Waals surface area contributed by atoms with Gasteiger partial charge in [0.1, 0.15) is 0 Å². The maximum absolute atomic E-state index is 5.75. The van der Waals surface area contributed by atoms with E-state index in [1.54, 1.807) is 0 Å². The van der Waals surface area contributed by atoms with Crippen LogP contribution in [-0.4, -0.2) is 38.0 Å². The normalized spacial score (nSPS) is 14.2. The largest absolute Gasteiger partial charge is 0.330 e. The molecule has 2 N–H and O–H groups in total. The molecule has 2 aromatic heterocycles. The van der Waals surface area contributed by atoms with Gasteiger partial charge in [-0.25, -0.2) is 4.68 Å². The Balaban J connectivity index is 0.00000240. The number of halogens is 4. The number of aromatic nitrogens is 4. The zero-order valence-electron chi connectivity index (χ0n) is 17.9. The fourth-order valence-corrected chi connectivity index (χ4v) is 4.10. The third kappa shape index (κ3) is 7.30. The maximum atomic E-state index is 5.75. The zero-order valence-corrected chi connectivity index (χ0v) is 21.1. The summed E-state index contributed by atoms with van der Waals surface area (Å²) in [5.74, 6) is 0. The molecule has 1 aromatic carbocycles. The van der Waals surface area contributed by atoms with Crippen LogP contribution in [0.15, 0.2) is 54.9 Å². The second-order valence-electron chi connectivity index (χ2n) is 7.39. The first-order valence-corrected chi connectivity index (χ1v) is 10.2. The second-order valence-corrected chi connectivity index (χ2v) is 7.39. The van der Waals surface area contributed by atoms with Gasteiger partial charge in [0.25, 0.3) is 0 Å². The lowest BCUT2D eigenvalue weighted by atomic mass is 9.90. The molecule has 0 spiro atoms. The van der Waals surface area contributed by atoms with Gasteiger partial charge >= 0.3 is 0 Å². The predicted molar refractivity (Wildman–Crippen MR) is 139 cm³/mol. The SMILES string of the molecule is Cl.Cl.Cl.Cl.NCCCCN(Cc1cnnn1-c1ccccc1)C1CCCc2cccnc21. The van der Waals surface area contributed by atoms with Crippen LogP contribution in [0.3, 0.4) is 0 Å². The van der Waals surface area contributed by atoms with E-state index < -0.39 is 0 Å². The molecule has 1 unspecified atom stereocenters. The van der Waals surface area contributed by atoms with Crippen molar-refractivity contribution in [3.63, 3.8) is 0 Å². The van der Waals surface area contributed by atoms with Gasteiger partial charge in [0.15, 0.2) is 0 Å². The highest BCUT2D eigenvalue weighted by Crippen LogP contribution is 2.34. The van der Waals surface area contributed by atoms with Gasteiger partial charge in [0, 0.05) is 12.7 Å². The summed E-state index contributed by atoms with van der Waals surface area (Å²) in [5.41, 5.74) is 10.5. The van der Waals surface area contributed by atoms with Crippen LogP contribution in [-0.2, 0) is 13.0 Å². The van der Waals surface area contributed by atoms with Crippen molar-refractivity contribution in [3.05, 3.63) is 71.8 Å². The van der Waals surface area contributed by atoms with Crippen LogP contribution >= 0.6 is 49.6 Å². The summed E-state index contributed by atoms with van der Waals surface area (Å²) in [4.78, 5) is 7.30. The first-order valence-electron chi connectivity index (χ1n) is 10.2.